The molecule has 24 heavy (non-hydrogen) atoms. The fourth-order valence-corrected chi connectivity index (χ4v) is 2.46. The van der Waals surface area contributed by atoms with Crippen LogP contribution in [0.15, 0.2) is 53.6 Å². The van der Waals surface area contributed by atoms with E-state index in [-0.39, 0.29) is 24.7 Å². The van der Waals surface area contributed by atoms with Crippen molar-refractivity contribution in [2.24, 2.45) is 7.05 Å². The van der Waals surface area contributed by atoms with Gasteiger partial charge in [-0.05, 0) is 22.4 Å². The lowest BCUT2D eigenvalue weighted by Crippen LogP contribution is -2.35. The average molecular weight is 326 g/mol. The fraction of sp³-hybridized carbons (Fsp3) is 0.235. The number of carbonyl (C=O) groups is 1. The highest BCUT2D eigenvalue weighted by Gasteiger charge is 2.12. The Hall–Kier alpha value is -2.93. The maximum atomic E-state index is 11.9. The molecule has 0 spiro atoms. The Morgan fingerprint density at radius 2 is 2.00 bits per heavy atom. The molecule has 0 aliphatic rings. The van der Waals surface area contributed by atoms with Crippen LogP contribution in [0.25, 0.3) is 10.8 Å². The number of aliphatic hydroxyl groups excluding tert-OH is 1. The topological polar surface area (TPSA) is 89.2 Å². The van der Waals surface area contributed by atoms with Crippen molar-refractivity contribution in [2.45, 2.75) is 12.6 Å². The summed E-state index contributed by atoms with van der Waals surface area (Å²) in [6, 6.07) is 13.5. The van der Waals surface area contributed by atoms with Gasteiger partial charge in [-0.1, -0.05) is 36.4 Å². The highest BCUT2D eigenvalue weighted by Crippen LogP contribution is 2.19. The van der Waals surface area contributed by atoms with Gasteiger partial charge in [-0.3, -0.25) is 9.36 Å². The summed E-state index contributed by atoms with van der Waals surface area (Å²) in [5.41, 5.74) is 0.365. The number of nitrogens with one attached hydrogen (secondary N) is 1. The summed E-state index contributed by atoms with van der Waals surface area (Å²) < 4.78 is 2.36. The van der Waals surface area contributed by atoms with E-state index in [0.29, 0.717) is 0 Å². The van der Waals surface area contributed by atoms with Gasteiger partial charge in [-0.2, -0.15) is 5.10 Å². The number of nitrogens with zero attached hydrogens (tertiary/aromatic N) is 3. The van der Waals surface area contributed by atoms with E-state index in [0.717, 1.165) is 21.0 Å². The first-order valence-electron chi connectivity index (χ1n) is 7.56. The number of carbonyl (C=O) groups excluding carboxylic acids is 1. The average Bonchev–Trinajstić information content (AvgIpc) is 2.91. The maximum absolute atomic E-state index is 11.9. The molecule has 1 heterocycles. The first-order chi connectivity index (χ1) is 11.5. The van der Waals surface area contributed by atoms with Crippen LogP contribution in [0.1, 0.15) is 11.7 Å². The lowest BCUT2D eigenvalue weighted by Gasteiger charge is -2.13. The van der Waals surface area contributed by atoms with Crippen molar-refractivity contribution in [3.8, 4) is 0 Å². The minimum absolute atomic E-state index is 0.0682. The fourth-order valence-electron chi connectivity index (χ4n) is 2.46. The van der Waals surface area contributed by atoms with Gasteiger partial charge in [-0.15, -0.1) is 0 Å². The quantitative estimate of drug-likeness (QED) is 0.718. The summed E-state index contributed by atoms with van der Waals surface area (Å²) in [7, 11) is 1.56. The number of benzene rings is 2. The zero-order chi connectivity index (χ0) is 17.1. The zero-order valence-corrected chi connectivity index (χ0v) is 13.2. The monoisotopic (exact) mass is 326 g/mol. The first kappa shape index (κ1) is 15.9. The summed E-state index contributed by atoms with van der Waals surface area (Å²) in [5.74, 6) is -0.379. The molecule has 7 nitrogen and oxygen atoms in total. The number of hydrogen-bond acceptors (Lipinski definition) is 4. The molecule has 0 radical (unpaired) electrons. The maximum Gasteiger partial charge on any atom is 0.345 e. The van der Waals surface area contributed by atoms with E-state index in [4.69, 9.17) is 0 Å². The molecule has 0 bridgehead atoms. The highest BCUT2D eigenvalue weighted by molar-refractivity contribution is 5.83. The van der Waals surface area contributed by atoms with Gasteiger partial charge in [0.15, 0.2) is 0 Å². The summed E-state index contributed by atoms with van der Waals surface area (Å²) in [4.78, 5) is 23.5. The number of hydrogen-bond donors (Lipinski definition) is 2. The molecule has 124 valence electrons. The number of amides is 1. The van der Waals surface area contributed by atoms with E-state index >= 15 is 0 Å². The molecule has 1 aromatic heterocycles. The Labute approximate surface area is 138 Å². The number of aryl methyl sites for hydroxylation is 1. The Morgan fingerprint density at radius 1 is 1.25 bits per heavy atom. The smallest absolute Gasteiger partial charge is 0.345 e. The van der Waals surface area contributed by atoms with Crippen LogP contribution in [-0.2, 0) is 18.4 Å². The number of rotatable bonds is 5. The van der Waals surface area contributed by atoms with Crippen LogP contribution in [0.2, 0.25) is 0 Å². The molecule has 2 aromatic carbocycles. The van der Waals surface area contributed by atoms with E-state index in [2.05, 4.69) is 10.4 Å². The summed E-state index contributed by atoms with van der Waals surface area (Å²) in [6.45, 7) is -0.108. The third kappa shape index (κ3) is 3.36. The Morgan fingerprint density at radius 3 is 2.71 bits per heavy atom. The molecule has 0 saturated carbocycles. The first-order valence-corrected chi connectivity index (χ1v) is 7.56. The second-order valence-corrected chi connectivity index (χ2v) is 5.61. The molecule has 0 saturated heterocycles. The summed E-state index contributed by atoms with van der Waals surface area (Å²) in [6.07, 6.45) is 0.526. The minimum atomic E-state index is -0.820. The van der Waals surface area contributed by atoms with Gasteiger partial charge in [0.05, 0.1) is 6.10 Å². The van der Waals surface area contributed by atoms with Crippen LogP contribution in [-0.4, -0.2) is 31.9 Å². The Kier molecular flexibility index (Phi) is 4.43. The van der Waals surface area contributed by atoms with Crippen LogP contribution in [0.4, 0.5) is 0 Å². The van der Waals surface area contributed by atoms with Gasteiger partial charge in [0.25, 0.3) is 0 Å². The van der Waals surface area contributed by atoms with Crippen molar-refractivity contribution in [1.82, 2.24) is 19.7 Å². The second-order valence-electron chi connectivity index (χ2n) is 5.61. The lowest BCUT2D eigenvalue weighted by atomic mass is 10.0. The van der Waals surface area contributed by atoms with Crippen LogP contribution in [0.3, 0.4) is 0 Å². The molecule has 3 aromatic rings. The van der Waals surface area contributed by atoms with E-state index in [1.54, 1.807) is 7.05 Å². The number of fused-ring (bicyclic) bond motifs is 1. The molecule has 1 amide bonds. The molecule has 3 rings (SSSR count). The predicted octanol–water partition coefficient (Wildman–Crippen LogP) is 0.585. The van der Waals surface area contributed by atoms with Gasteiger partial charge in [0.2, 0.25) is 5.91 Å². The van der Waals surface area contributed by atoms with Crippen molar-refractivity contribution in [3.63, 3.8) is 0 Å². The standard InChI is InChI=1S/C17H18N4O3/c1-20-11-19-21(17(20)24)10-16(23)18-9-15(22)14-7-6-12-4-2-3-5-13(12)8-14/h2-8,11,15,22H,9-10H2,1H3,(H,18,23). The normalized spacial score (nSPS) is 12.2. The zero-order valence-electron chi connectivity index (χ0n) is 13.2. The minimum Gasteiger partial charge on any atom is -0.387 e. The second kappa shape index (κ2) is 6.67. The molecular formula is C17H18N4O3. The molecular weight excluding hydrogens is 308 g/mol. The van der Waals surface area contributed by atoms with Crippen molar-refractivity contribution < 1.29 is 9.90 Å². The third-order valence-electron chi connectivity index (χ3n) is 3.83. The van der Waals surface area contributed by atoms with E-state index in [9.17, 15) is 14.7 Å². The predicted molar refractivity (Wildman–Crippen MR) is 89.4 cm³/mol. The molecule has 0 fully saturated rings. The molecule has 7 heteroatoms. The third-order valence-corrected chi connectivity index (χ3v) is 3.83. The van der Waals surface area contributed by atoms with Crippen LogP contribution < -0.4 is 11.0 Å². The molecule has 1 atom stereocenters. The van der Waals surface area contributed by atoms with Crippen molar-refractivity contribution in [2.75, 3.05) is 6.54 Å². The molecule has 0 aliphatic heterocycles. The van der Waals surface area contributed by atoms with Gasteiger partial charge >= 0.3 is 5.69 Å². The largest absolute Gasteiger partial charge is 0.387 e. The Balaban J connectivity index is 1.61. The van der Waals surface area contributed by atoms with Crippen molar-refractivity contribution in [3.05, 3.63) is 64.8 Å². The SMILES string of the molecule is Cn1cnn(CC(=O)NCC(O)c2ccc3ccccc3c2)c1=O. The van der Waals surface area contributed by atoms with E-state index in [1.165, 1.54) is 10.9 Å². The Bertz CT molecular complexity index is 929. The van der Waals surface area contributed by atoms with Crippen molar-refractivity contribution >= 4 is 16.7 Å². The molecule has 1 unspecified atom stereocenters. The van der Waals surface area contributed by atoms with Crippen LogP contribution >= 0.6 is 0 Å². The summed E-state index contributed by atoms with van der Waals surface area (Å²) >= 11 is 0. The number of aliphatic hydroxyl groups is 1. The van der Waals surface area contributed by atoms with Gasteiger partial charge < -0.3 is 10.4 Å². The van der Waals surface area contributed by atoms with Gasteiger partial charge in [-0.25, -0.2) is 9.48 Å². The molecule has 2 N–H and O–H groups in total. The number of aromatic nitrogens is 3. The van der Waals surface area contributed by atoms with E-state index in [1.807, 2.05) is 42.5 Å². The van der Waals surface area contributed by atoms with Gasteiger partial charge in [0, 0.05) is 13.6 Å². The molecule has 0 aliphatic carbocycles. The van der Waals surface area contributed by atoms with Crippen LogP contribution in [0.5, 0.6) is 0 Å². The lowest BCUT2D eigenvalue weighted by molar-refractivity contribution is -0.122. The van der Waals surface area contributed by atoms with Crippen LogP contribution in [0, 0.1) is 0 Å². The van der Waals surface area contributed by atoms with Gasteiger partial charge in [0.1, 0.15) is 12.9 Å². The van der Waals surface area contributed by atoms with Crippen molar-refractivity contribution in [1.29, 1.82) is 0 Å². The van der Waals surface area contributed by atoms with E-state index < -0.39 is 6.10 Å². The summed E-state index contributed by atoms with van der Waals surface area (Å²) in [5, 5.41) is 18.8. The highest BCUT2D eigenvalue weighted by atomic mass is 16.3.